The van der Waals surface area contributed by atoms with E-state index in [1.54, 1.807) is 19.1 Å². The number of hydrogen-bond donors (Lipinski definition) is 0. The maximum absolute atomic E-state index is 13.1. The lowest BCUT2D eigenvalue weighted by molar-refractivity contribution is -0.235. The number of hydrogen-bond acceptors (Lipinski definition) is 5. The Labute approximate surface area is 169 Å². The highest BCUT2D eigenvalue weighted by molar-refractivity contribution is 5.93. The van der Waals surface area contributed by atoms with E-state index >= 15 is 0 Å². The highest BCUT2D eigenvalue weighted by Gasteiger charge is 2.61. The molecule has 28 heavy (non-hydrogen) atoms. The SMILES string of the molecule is CCCCCc1ccnc(C[C@@]2(OCOC)C(=O)N(COC)[C@H]2CC(C)C)c1. The number of pyridine rings is 1. The molecule has 1 saturated heterocycles. The van der Waals surface area contributed by atoms with Crippen molar-refractivity contribution < 1.29 is 19.0 Å². The van der Waals surface area contributed by atoms with Gasteiger partial charge in [-0.3, -0.25) is 9.78 Å². The Morgan fingerprint density at radius 3 is 2.68 bits per heavy atom. The first-order chi connectivity index (χ1) is 13.5. The average molecular weight is 393 g/mol. The van der Waals surface area contributed by atoms with Gasteiger partial charge in [0.1, 0.15) is 13.5 Å². The summed E-state index contributed by atoms with van der Waals surface area (Å²) < 4.78 is 16.5. The van der Waals surface area contributed by atoms with Crippen molar-refractivity contribution >= 4 is 5.91 Å². The third-order valence-electron chi connectivity index (χ3n) is 5.33. The maximum atomic E-state index is 13.1. The zero-order chi connectivity index (χ0) is 20.6. The molecule has 1 aromatic heterocycles. The van der Waals surface area contributed by atoms with Crippen molar-refractivity contribution in [3.63, 3.8) is 0 Å². The lowest BCUT2D eigenvalue weighted by Gasteiger charge is -2.55. The van der Waals surface area contributed by atoms with Gasteiger partial charge in [0.05, 0.1) is 6.04 Å². The van der Waals surface area contributed by atoms with Gasteiger partial charge < -0.3 is 19.1 Å². The van der Waals surface area contributed by atoms with E-state index in [1.807, 2.05) is 6.20 Å². The van der Waals surface area contributed by atoms with Crippen LogP contribution < -0.4 is 0 Å². The molecule has 1 amide bonds. The smallest absolute Gasteiger partial charge is 0.259 e. The standard InChI is InChI=1S/C22H36N2O4/c1-6-7-8-9-18-10-11-23-19(13-18)14-22(28-16-27-5)20(12-17(2)3)24(15-26-4)21(22)25/h10-11,13,17,20H,6-9,12,14-16H2,1-5H3/t20-,22-/m0/s1. The van der Waals surface area contributed by atoms with Crippen molar-refractivity contribution in [2.45, 2.75) is 70.9 Å². The molecule has 0 aliphatic carbocycles. The predicted molar refractivity (Wildman–Crippen MR) is 109 cm³/mol. The van der Waals surface area contributed by atoms with Crippen molar-refractivity contribution in [1.29, 1.82) is 0 Å². The van der Waals surface area contributed by atoms with Crippen molar-refractivity contribution in [3.05, 3.63) is 29.6 Å². The maximum Gasteiger partial charge on any atom is 0.259 e. The molecule has 2 rings (SSSR count). The topological polar surface area (TPSA) is 60.9 Å². The van der Waals surface area contributed by atoms with Gasteiger partial charge in [-0.1, -0.05) is 33.6 Å². The van der Waals surface area contributed by atoms with E-state index in [1.165, 1.54) is 24.8 Å². The number of amides is 1. The molecule has 0 spiro atoms. The Hall–Kier alpha value is -1.50. The third-order valence-corrected chi connectivity index (χ3v) is 5.33. The predicted octanol–water partition coefficient (Wildman–Crippen LogP) is 3.58. The van der Waals surface area contributed by atoms with Crippen LogP contribution in [-0.2, 0) is 31.8 Å². The number of methoxy groups -OCH3 is 2. The van der Waals surface area contributed by atoms with Gasteiger partial charge in [-0.2, -0.15) is 0 Å². The molecule has 0 bridgehead atoms. The molecule has 0 N–H and O–H groups in total. The minimum Gasteiger partial charge on any atom is -0.364 e. The summed E-state index contributed by atoms with van der Waals surface area (Å²) in [6, 6.07) is 4.13. The molecule has 6 nitrogen and oxygen atoms in total. The number of rotatable bonds is 13. The van der Waals surface area contributed by atoms with Crippen LogP contribution in [0.1, 0.15) is 57.7 Å². The van der Waals surface area contributed by atoms with Gasteiger partial charge in [-0.25, -0.2) is 0 Å². The summed E-state index contributed by atoms with van der Waals surface area (Å²) >= 11 is 0. The molecule has 1 aliphatic heterocycles. The Morgan fingerprint density at radius 2 is 2.04 bits per heavy atom. The molecular weight excluding hydrogens is 356 g/mol. The quantitative estimate of drug-likeness (QED) is 0.292. The summed E-state index contributed by atoms with van der Waals surface area (Å²) in [6.07, 6.45) is 7.76. The lowest BCUT2D eigenvalue weighted by atomic mass is 9.74. The number of nitrogens with zero attached hydrogens (tertiary/aromatic N) is 2. The molecule has 0 unspecified atom stereocenters. The second-order valence-corrected chi connectivity index (χ2v) is 8.07. The van der Waals surface area contributed by atoms with Crippen molar-refractivity contribution in [1.82, 2.24) is 9.88 Å². The van der Waals surface area contributed by atoms with E-state index in [0.29, 0.717) is 12.3 Å². The second kappa shape index (κ2) is 10.9. The van der Waals surface area contributed by atoms with Crippen LogP contribution in [0.25, 0.3) is 0 Å². The normalized spacial score (nSPS) is 22.0. The first-order valence-corrected chi connectivity index (χ1v) is 10.3. The monoisotopic (exact) mass is 392 g/mol. The molecule has 0 radical (unpaired) electrons. The van der Waals surface area contributed by atoms with E-state index in [4.69, 9.17) is 14.2 Å². The van der Waals surface area contributed by atoms with Crippen LogP contribution in [0, 0.1) is 5.92 Å². The van der Waals surface area contributed by atoms with Crippen LogP contribution >= 0.6 is 0 Å². The number of carbonyl (C=O) groups is 1. The molecule has 0 saturated carbocycles. The largest absolute Gasteiger partial charge is 0.364 e. The first-order valence-electron chi connectivity index (χ1n) is 10.3. The van der Waals surface area contributed by atoms with E-state index in [9.17, 15) is 4.79 Å². The minimum atomic E-state index is -0.937. The number of aryl methyl sites for hydroxylation is 1. The van der Waals surface area contributed by atoms with Gasteiger partial charge in [-0.15, -0.1) is 0 Å². The summed E-state index contributed by atoms with van der Waals surface area (Å²) in [5, 5.41) is 0. The number of ether oxygens (including phenoxy) is 3. The molecule has 158 valence electrons. The van der Waals surface area contributed by atoms with E-state index < -0.39 is 5.60 Å². The van der Waals surface area contributed by atoms with E-state index in [-0.39, 0.29) is 25.5 Å². The van der Waals surface area contributed by atoms with Crippen LogP contribution in [0.5, 0.6) is 0 Å². The van der Waals surface area contributed by atoms with Gasteiger partial charge in [0.15, 0.2) is 5.60 Å². The van der Waals surface area contributed by atoms with Crippen LogP contribution in [0.3, 0.4) is 0 Å². The summed E-state index contributed by atoms with van der Waals surface area (Å²) in [7, 11) is 3.19. The fourth-order valence-corrected chi connectivity index (χ4v) is 3.96. The van der Waals surface area contributed by atoms with Crippen LogP contribution in [0.4, 0.5) is 0 Å². The summed E-state index contributed by atoms with van der Waals surface area (Å²) in [5.74, 6) is 0.381. The van der Waals surface area contributed by atoms with Crippen LogP contribution in [0.2, 0.25) is 0 Å². The fourth-order valence-electron chi connectivity index (χ4n) is 3.96. The van der Waals surface area contributed by atoms with Crippen molar-refractivity contribution in [2.75, 3.05) is 27.7 Å². The number of unbranched alkanes of at least 4 members (excludes halogenated alkanes) is 2. The Kier molecular flexibility index (Phi) is 8.86. The number of likely N-dealkylation sites (tertiary alicyclic amines) is 1. The summed E-state index contributed by atoms with van der Waals surface area (Å²) in [5.41, 5.74) is 1.22. The van der Waals surface area contributed by atoms with Crippen molar-refractivity contribution in [2.24, 2.45) is 5.92 Å². The lowest BCUT2D eigenvalue weighted by Crippen LogP contribution is -2.76. The highest BCUT2D eigenvalue weighted by atomic mass is 16.7. The molecule has 2 atom stereocenters. The first kappa shape index (κ1) is 22.8. The molecule has 1 aliphatic rings. The number of carbonyl (C=O) groups excluding carboxylic acids is 1. The molecule has 2 heterocycles. The molecule has 0 aromatic carbocycles. The molecule has 1 fully saturated rings. The average Bonchev–Trinajstić information content (AvgIpc) is 2.68. The number of β-lactam (4-membered cyclic amide) rings is 1. The molecular formula is C22H36N2O4. The summed E-state index contributed by atoms with van der Waals surface area (Å²) in [6.45, 7) is 6.87. The fraction of sp³-hybridized carbons (Fsp3) is 0.727. The van der Waals surface area contributed by atoms with Gasteiger partial charge in [0.25, 0.3) is 5.91 Å². The van der Waals surface area contributed by atoms with Crippen LogP contribution in [0.15, 0.2) is 18.3 Å². The molecule has 1 aromatic rings. The molecule has 6 heteroatoms. The van der Waals surface area contributed by atoms with Crippen LogP contribution in [-0.4, -0.2) is 55.2 Å². The second-order valence-electron chi connectivity index (χ2n) is 8.07. The van der Waals surface area contributed by atoms with Gasteiger partial charge in [0.2, 0.25) is 0 Å². The Bertz CT molecular complexity index is 622. The van der Waals surface area contributed by atoms with Crippen molar-refractivity contribution in [3.8, 4) is 0 Å². The zero-order valence-electron chi connectivity index (χ0n) is 18.1. The zero-order valence-corrected chi connectivity index (χ0v) is 18.1. The van der Waals surface area contributed by atoms with Gasteiger partial charge in [0, 0.05) is 32.5 Å². The summed E-state index contributed by atoms with van der Waals surface area (Å²) in [4.78, 5) is 19.4. The third kappa shape index (κ3) is 5.31. The van der Waals surface area contributed by atoms with E-state index in [2.05, 4.69) is 37.9 Å². The minimum absolute atomic E-state index is 0.0461. The number of aromatic nitrogens is 1. The highest BCUT2D eigenvalue weighted by Crippen LogP contribution is 2.40. The van der Waals surface area contributed by atoms with E-state index in [0.717, 1.165) is 18.5 Å². The Balaban J connectivity index is 2.24. The Morgan fingerprint density at radius 1 is 1.25 bits per heavy atom. The van der Waals surface area contributed by atoms with Gasteiger partial charge in [-0.05, 0) is 42.9 Å². The van der Waals surface area contributed by atoms with Gasteiger partial charge >= 0.3 is 0 Å².